The van der Waals surface area contributed by atoms with Gasteiger partial charge in [0.1, 0.15) is 12.4 Å². The van der Waals surface area contributed by atoms with Crippen LogP contribution in [0.4, 0.5) is 0 Å². The van der Waals surface area contributed by atoms with E-state index >= 15 is 0 Å². The van der Waals surface area contributed by atoms with Crippen LogP contribution >= 0.6 is 0 Å². The number of hydrogen-bond donors (Lipinski definition) is 2. The molecule has 0 saturated carbocycles. The fourth-order valence-corrected chi connectivity index (χ4v) is 1.05. The Bertz CT molecular complexity index is 306. The average Bonchev–Trinajstić information content (AvgIpc) is 2.46. The predicted molar refractivity (Wildman–Crippen MR) is 45.8 cm³/mol. The Morgan fingerprint density at radius 1 is 1.77 bits per heavy atom. The summed E-state index contributed by atoms with van der Waals surface area (Å²) >= 11 is 0. The van der Waals surface area contributed by atoms with Gasteiger partial charge in [-0.25, -0.2) is 5.84 Å². The Morgan fingerprint density at radius 2 is 2.46 bits per heavy atom. The summed E-state index contributed by atoms with van der Waals surface area (Å²) in [5, 5.41) is 0. The van der Waals surface area contributed by atoms with Crippen LogP contribution in [0.5, 0.6) is 0 Å². The molecular weight excluding hydrogens is 172 g/mol. The number of carbonyl (C=O) groups excluding carboxylic acids is 1. The third kappa shape index (κ3) is 2.07. The number of rotatable bonds is 3. The normalized spacial score (nSPS) is 10.1. The van der Waals surface area contributed by atoms with Crippen molar-refractivity contribution >= 4 is 5.91 Å². The van der Waals surface area contributed by atoms with Gasteiger partial charge in [-0.2, -0.15) is 0 Å². The monoisotopic (exact) mass is 184 g/mol. The number of hydrazine groups is 1. The van der Waals surface area contributed by atoms with Crippen molar-refractivity contribution in [2.24, 2.45) is 5.84 Å². The van der Waals surface area contributed by atoms with Crippen LogP contribution in [0, 0.1) is 6.92 Å². The van der Waals surface area contributed by atoms with Crippen LogP contribution in [0.15, 0.2) is 10.5 Å². The van der Waals surface area contributed by atoms with Gasteiger partial charge in [-0.3, -0.25) is 10.2 Å². The Kier molecular flexibility index (Phi) is 3.05. The Balaban J connectivity index is 2.89. The molecule has 5 nitrogen and oxygen atoms in total. The second kappa shape index (κ2) is 4.06. The number of nitrogens with one attached hydrogen (secondary N) is 1. The zero-order valence-corrected chi connectivity index (χ0v) is 7.59. The van der Waals surface area contributed by atoms with Crippen molar-refractivity contribution in [2.75, 3.05) is 7.11 Å². The molecule has 0 saturated heterocycles. The van der Waals surface area contributed by atoms with E-state index in [4.69, 9.17) is 15.0 Å². The lowest BCUT2D eigenvalue weighted by atomic mass is 10.2. The summed E-state index contributed by atoms with van der Waals surface area (Å²) in [7, 11) is 1.56. The molecule has 1 heterocycles. The first-order valence-electron chi connectivity index (χ1n) is 3.78. The minimum atomic E-state index is -0.431. The fraction of sp³-hybridized carbons (Fsp3) is 0.375. The molecule has 3 N–H and O–H groups in total. The minimum Gasteiger partial charge on any atom is -0.453 e. The number of amides is 1. The van der Waals surface area contributed by atoms with Crippen molar-refractivity contribution in [3.8, 4) is 0 Å². The highest BCUT2D eigenvalue weighted by atomic mass is 16.5. The van der Waals surface area contributed by atoms with Gasteiger partial charge >= 0.3 is 5.91 Å². The molecule has 1 aromatic heterocycles. The van der Waals surface area contributed by atoms with Crippen molar-refractivity contribution in [3.63, 3.8) is 0 Å². The van der Waals surface area contributed by atoms with Gasteiger partial charge in [0.25, 0.3) is 0 Å². The van der Waals surface area contributed by atoms with Crippen LogP contribution in [0.2, 0.25) is 0 Å². The molecule has 0 fully saturated rings. The highest BCUT2D eigenvalue weighted by molar-refractivity contribution is 5.92. The van der Waals surface area contributed by atoms with Gasteiger partial charge in [-0.15, -0.1) is 0 Å². The lowest BCUT2D eigenvalue weighted by molar-refractivity contribution is 0.0916. The van der Waals surface area contributed by atoms with Crippen molar-refractivity contribution in [2.45, 2.75) is 13.5 Å². The van der Waals surface area contributed by atoms with E-state index in [0.29, 0.717) is 12.4 Å². The molecule has 0 aliphatic heterocycles. The van der Waals surface area contributed by atoms with Crippen LogP contribution in [-0.4, -0.2) is 13.0 Å². The molecule has 72 valence electrons. The lowest BCUT2D eigenvalue weighted by Crippen LogP contribution is -2.30. The van der Waals surface area contributed by atoms with Crippen molar-refractivity contribution in [1.29, 1.82) is 0 Å². The van der Waals surface area contributed by atoms with Gasteiger partial charge in [0.05, 0.1) is 0 Å². The van der Waals surface area contributed by atoms with Gasteiger partial charge < -0.3 is 9.15 Å². The first kappa shape index (κ1) is 9.76. The molecule has 0 unspecified atom stereocenters. The number of carbonyl (C=O) groups is 1. The minimum absolute atomic E-state index is 0.231. The molecule has 5 heteroatoms. The van der Waals surface area contributed by atoms with Gasteiger partial charge in [-0.05, 0) is 13.0 Å². The van der Waals surface area contributed by atoms with E-state index in [0.717, 1.165) is 5.56 Å². The van der Waals surface area contributed by atoms with Gasteiger partial charge in [0.2, 0.25) is 0 Å². The molecule has 1 amide bonds. The van der Waals surface area contributed by atoms with Crippen molar-refractivity contribution < 1.29 is 13.9 Å². The molecular formula is C8H12N2O3. The van der Waals surface area contributed by atoms with Gasteiger partial charge in [-0.1, -0.05) is 0 Å². The zero-order valence-electron chi connectivity index (χ0n) is 7.59. The Labute approximate surface area is 75.8 Å². The summed E-state index contributed by atoms with van der Waals surface area (Å²) in [4.78, 5) is 11.1. The molecule has 0 bridgehead atoms. The van der Waals surface area contributed by atoms with E-state index in [9.17, 15) is 4.79 Å². The topological polar surface area (TPSA) is 77.5 Å². The molecule has 0 spiro atoms. The standard InChI is InChI=1S/C8H12N2O3/c1-5-3-6(4-12-2)13-7(5)8(11)10-9/h3H,4,9H2,1-2H3,(H,10,11). The number of aryl methyl sites for hydroxylation is 1. The van der Waals surface area contributed by atoms with Crippen LogP contribution in [0.25, 0.3) is 0 Å². The van der Waals surface area contributed by atoms with Crippen LogP contribution in [0.3, 0.4) is 0 Å². The van der Waals surface area contributed by atoms with E-state index in [1.165, 1.54) is 0 Å². The smallest absolute Gasteiger partial charge is 0.301 e. The average molecular weight is 184 g/mol. The zero-order chi connectivity index (χ0) is 9.84. The summed E-state index contributed by atoms with van der Waals surface area (Å²) < 4.78 is 10.0. The number of ether oxygens (including phenoxy) is 1. The van der Waals surface area contributed by atoms with E-state index in [2.05, 4.69) is 0 Å². The number of furan rings is 1. The summed E-state index contributed by atoms with van der Waals surface area (Å²) in [6.45, 7) is 2.12. The second-order valence-electron chi connectivity index (χ2n) is 2.63. The third-order valence-corrected chi connectivity index (χ3v) is 1.59. The van der Waals surface area contributed by atoms with E-state index in [-0.39, 0.29) is 5.76 Å². The predicted octanol–water partition coefficient (Wildman–Crippen LogP) is 0.338. The number of methoxy groups -OCH3 is 1. The van der Waals surface area contributed by atoms with Crippen LogP contribution < -0.4 is 11.3 Å². The number of hydrogen-bond acceptors (Lipinski definition) is 4. The quantitative estimate of drug-likeness (QED) is 0.403. The van der Waals surface area contributed by atoms with Crippen molar-refractivity contribution in [1.82, 2.24) is 5.43 Å². The van der Waals surface area contributed by atoms with Gasteiger partial charge in [0.15, 0.2) is 5.76 Å². The number of nitrogen functional groups attached to an aromatic ring is 1. The summed E-state index contributed by atoms with van der Waals surface area (Å²) in [6.07, 6.45) is 0. The summed E-state index contributed by atoms with van der Waals surface area (Å²) in [6, 6.07) is 1.74. The lowest BCUT2D eigenvalue weighted by Gasteiger charge is -1.95. The maximum atomic E-state index is 11.1. The third-order valence-electron chi connectivity index (χ3n) is 1.59. The number of nitrogens with two attached hydrogens (primary N) is 1. The SMILES string of the molecule is COCc1cc(C)c(C(=O)NN)o1. The van der Waals surface area contributed by atoms with Crippen molar-refractivity contribution in [3.05, 3.63) is 23.2 Å². The van der Waals surface area contributed by atoms with E-state index < -0.39 is 5.91 Å². The molecule has 0 aliphatic carbocycles. The van der Waals surface area contributed by atoms with Crippen LogP contribution in [0.1, 0.15) is 21.9 Å². The largest absolute Gasteiger partial charge is 0.453 e. The van der Waals surface area contributed by atoms with E-state index in [1.54, 1.807) is 20.1 Å². The molecule has 0 radical (unpaired) electrons. The maximum absolute atomic E-state index is 11.1. The fourth-order valence-electron chi connectivity index (χ4n) is 1.05. The van der Waals surface area contributed by atoms with Gasteiger partial charge in [0, 0.05) is 12.7 Å². The molecule has 0 aliphatic rings. The molecule has 0 aromatic carbocycles. The molecule has 1 aromatic rings. The molecule has 0 atom stereocenters. The Morgan fingerprint density at radius 3 is 3.00 bits per heavy atom. The summed E-state index contributed by atoms with van der Waals surface area (Å²) in [5.41, 5.74) is 2.75. The van der Waals surface area contributed by atoms with E-state index in [1.807, 2.05) is 5.43 Å². The van der Waals surface area contributed by atoms with Crippen LogP contribution in [-0.2, 0) is 11.3 Å². The molecule has 13 heavy (non-hydrogen) atoms. The first-order valence-corrected chi connectivity index (χ1v) is 3.78. The summed E-state index contributed by atoms with van der Waals surface area (Å²) in [5.74, 6) is 5.38. The first-order chi connectivity index (χ1) is 6.19. The maximum Gasteiger partial charge on any atom is 0.301 e. The second-order valence-corrected chi connectivity index (χ2v) is 2.63. The Hall–Kier alpha value is -1.33. The molecule has 1 rings (SSSR count). The highest BCUT2D eigenvalue weighted by Crippen LogP contribution is 2.14. The highest BCUT2D eigenvalue weighted by Gasteiger charge is 2.13.